The molecule has 2 aromatic carbocycles. The lowest BCUT2D eigenvalue weighted by Gasteiger charge is -2.30. The molecule has 1 aliphatic rings. The molecule has 0 saturated carbocycles. The highest BCUT2D eigenvalue weighted by molar-refractivity contribution is 5.56. The van der Waals surface area contributed by atoms with Crippen molar-refractivity contribution in [2.45, 2.75) is 19.3 Å². The number of anilines is 1. The quantitative estimate of drug-likeness (QED) is 0.850. The van der Waals surface area contributed by atoms with Gasteiger partial charge in [0.2, 0.25) is 0 Å². The van der Waals surface area contributed by atoms with Crippen LogP contribution in [0.4, 0.5) is 5.69 Å². The van der Waals surface area contributed by atoms with Crippen LogP contribution in [0.3, 0.4) is 0 Å². The monoisotopic (exact) mass is 294 g/mol. The number of fused-ring (bicyclic) bond motifs is 2. The molecule has 22 heavy (non-hydrogen) atoms. The van der Waals surface area contributed by atoms with Crippen LogP contribution >= 0.6 is 0 Å². The third-order valence-electron chi connectivity index (χ3n) is 4.52. The van der Waals surface area contributed by atoms with Crippen molar-refractivity contribution in [3.63, 3.8) is 0 Å². The predicted octanol–water partition coefficient (Wildman–Crippen LogP) is 3.59. The Morgan fingerprint density at radius 1 is 0.909 bits per heavy atom. The van der Waals surface area contributed by atoms with Crippen LogP contribution in [-0.4, -0.2) is 38.6 Å². The predicted molar refractivity (Wildman–Crippen MR) is 94.8 cm³/mol. The van der Waals surface area contributed by atoms with Gasteiger partial charge in [0, 0.05) is 18.8 Å². The topological polar surface area (TPSA) is 6.48 Å². The number of hydrogen-bond acceptors (Lipinski definition) is 2. The van der Waals surface area contributed by atoms with E-state index in [-0.39, 0.29) is 0 Å². The first kappa shape index (κ1) is 15.1. The van der Waals surface area contributed by atoms with Gasteiger partial charge in [-0.3, -0.25) is 0 Å². The molecular weight excluding hydrogens is 268 g/mol. The number of benzene rings is 2. The molecule has 2 heteroatoms. The van der Waals surface area contributed by atoms with Gasteiger partial charge in [-0.05, 0) is 62.7 Å². The number of rotatable bonds is 4. The summed E-state index contributed by atoms with van der Waals surface area (Å²) in [4.78, 5) is 4.85. The minimum Gasteiger partial charge on any atom is -0.371 e. The van der Waals surface area contributed by atoms with Crippen molar-refractivity contribution in [2.75, 3.05) is 38.6 Å². The number of nitrogens with zero attached hydrogens (tertiary/aromatic N) is 2. The summed E-state index contributed by atoms with van der Waals surface area (Å²) in [6.45, 7) is 3.40. The van der Waals surface area contributed by atoms with Gasteiger partial charge < -0.3 is 9.80 Å². The molecule has 116 valence electrons. The fourth-order valence-electron chi connectivity index (χ4n) is 3.33. The molecule has 0 bridgehead atoms. The molecule has 3 rings (SSSR count). The molecule has 0 radical (unpaired) electrons. The Balaban J connectivity index is 1.85. The Kier molecular flexibility index (Phi) is 4.79. The SMILES string of the molecule is CN(C)CCCN1CCc2ccccc2Cc2ccccc21. The molecule has 0 N–H and O–H groups in total. The lowest BCUT2D eigenvalue weighted by molar-refractivity contribution is 0.400. The van der Waals surface area contributed by atoms with Crippen LogP contribution in [0.2, 0.25) is 0 Å². The highest BCUT2D eigenvalue weighted by Crippen LogP contribution is 2.27. The molecule has 0 spiro atoms. The molecule has 0 atom stereocenters. The number of hydrogen-bond donors (Lipinski definition) is 0. The van der Waals surface area contributed by atoms with E-state index in [9.17, 15) is 0 Å². The summed E-state index contributed by atoms with van der Waals surface area (Å²) in [5.41, 5.74) is 5.88. The van der Waals surface area contributed by atoms with Gasteiger partial charge in [0.15, 0.2) is 0 Å². The van der Waals surface area contributed by atoms with Crippen molar-refractivity contribution in [2.24, 2.45) is 0 Å². The van der Waals surface area contributed by atoms with Crippen molar-refractivity contribution in [1.29, 1.82) is 0 Å². The Bertz CT molecular complexity index is 619. The molecule has 2 aromatic rings. The molecule has 0 amide bonds. The first-order valence-electron chi connectivity index (χ1n) is 8.28. The van der Waals surface area contributed by atoms with E-state index in [1.807, 2.05) is 0 Å². The average Bonchev–Trinajstić information content (AvgIpc) is 2.50. The van der Waals surface area contributed by atoms with Crippen LogP contribution in [0.25, 0.3) is 0 Å². The number of para-hydroxylation sites is 1. The molecule has 1 aliphatic heterocycles. The van der Waals surface area contributed by atoms with E-state index in [2.05, 4.69) is 72.4 Å². The molecule has 0 aromatic heterocycles. The molecule has 2 nitrogen and oxygen atoms in total. The first-order chi connectivity index (χ1) is 10.7. The Morgan fingerprint density at radius 2 is 1.59 bits per heavy atom. The van der Waals surface area contributed by atoms with Gasteiger partial charge in [0.05, 0.1) is 0 Å². The van der Waals surface area contributed by atoms with Gasteiger partial charge in [0.25, 0.3) is 0 Å². The van der Waals surface area contributed by atoms with Crippen LogP contribution in [0.15, 0.2) is 48.5 Å². The zero-order valence-corrected chi connectivity index (χ0v) is 13.8. The first-order valence-corrected chi connectivity index (χ1v) is 8.28. The lowest BCUT2D eigenvalue weighted by Crippen LogP contribution is -2.31. The molecule has 0 saturated heterocycles. The second-order valence-corrected chi connectivity index (χ2v) is 6.47. The van der Waals surface area contributed by atoms with E-state index < -0.39 is 0 Å². The van der Waals surface area contributed by atoms with E-state index >= 15 is 0 Å². The maximum absolute atomic E-state index is 2.58. The normalized spacial score (nSPS) is 14.2. The molecule has 1 heterocycles. The summed E-state index contributed by atoms with van der Waals surface area (Å²) >= 11 is 0. The average molecular weight is 294 g/mol. The van der Waals surface area contributed by atoms with Gasteiger partial charge >= 0.3 is 0 Å². The van der Waals surface area contributed by atoms with Crippen molar-refractivity contribution in [3.05, 3.63) is 65.2 Å². The maximum Gasteiger partial charge on any atom is 0.0402 e. The van der Waals surface area contributed by atoms with E-state index in [0.717, 1.165) is 32.5 Å². The van der Waals surface area contributed by atoms with Crippen molar-refractivity contribution < 1.29 is 0 Å². The summed E-state index contributed by atoms with van der Waals surface area (Å²) in [6.07, 6.45) is 3.41. The summed E-state index contributed by atoms with van der Waals surface area (Å²) < 4.78 is 0. The third kappa shape index (κ3) is 3.50. The Morgan fingerprint density at radius 3 is 2.36 bits per heavy atom. The summed E-state index contributed by atoms with van der Waals surface area (Å²) in [5, 5.41) is 0. The highest BCUT2D eigenvalue weighted by Gasteiger charge is 2.16. The smallest absolute Gasteiger partial charge is 0.0402 e. The van der Waals surface area contributed by atoms with Gasteiger partial charge in [-0.15, -0.1) is 0 Å². The van der Waals surface area contributed by atoms with Gasteiger partial charge in [-0.1, -0.05) is 42.5 Å². The van der Waals surface area contributed by atoms with Crippen molar-refractivity contribution in [1.82, 2.24) is 4.90 Å². The summed E-state index contributed by atoms with van der Waals surface area (Å²) in [6, 6.07) is 17.8. The lowest BCUT2D eigenvalue weighted by atomic mass is 9.94. The minimum absolute atomic E-state index is 1.05. The molecule has 0 aliphatic carbocycles. The maximum atomic E-state index is 2.58. The second kappa shape index (κ2) is 6.97. The van der Waals surface area contributed by atoms with Crippen LogP contribution in [0.5, 0.6) is 0 Å². The standard InChI is InChI=1S/C20H26N2/c1-21(2)13-7-14-22-15-12-17-8-3-4-9-18(17)16-19-10-5-6-11-20(19)22/h3-6,8-11H,7,12-16H2,1-2H3. The molecule has 0 fully saturated rings. The van der Waals surface area contributed by atoms with Crippen LogP contribution < -0.4 is 4.90 Å². The third-order valence-corrected chi connectivity index (χ3v) is 4.52. The van der Waals surface area contributed by atoms with Gasteiger partial charge in [-0.2, -0.15) is 0 Å². The van der Waals surface area contributed by atoms with Crippen molar-refractivity contribution in [3.8, 4) is 0 Å². The fraction of sp³-hybridized carbons (Fsp3) is 0.400. The molecular formula is C20H26N2. The van der Waals surface area contributed by atoms with Crippen LogP contribution in [-0.2, 0) is 12.8 Å². The van der Waals surface area contributed by atoms with Crippen LogP contribution in [0, 0.1) is 0 Å². The van der Waals surface area contributed by atoms with E-state index in [1.54, 1.807) is 0 Å². The zero-order valence-electron chi connectivity index (χ0n) is 13.8. The van der Waals surface area contributed by atoms with E-state index in [4.69, 9.17) is 0 Å². The van der Waals surface area contributed by atoms with Crippen LogP contribution in [0.1, 0.15) is 23.1 Å². The van der Waals surface area contributed by atoms with E-state index in [1.165, 1.54) is 28.8 Å². The van der Waals surface area contributed by atoms with Gasteiger partial charge in [-0.25, -0.2) is 0 Å². The Hall–Kier alpha value is -1.80. The second-order valence-electron chi connectivity index (χ2n) is 6.47. The minimum atomic E-state index is 1.05. The Labute approximate surface area is 134 Å². The molecule has 0 unspecified atom stereocenters. The highest BCUT2D eigenvalue weighted by atomic mass is 15.1. The van der Waals surface area contributed by atoms with E-state index in [0.29, 0.717) is 0 Å². The fourth-order valence-corrected chi connectivity index (χ4v) is 3.33. The summed E-state index contributed by atoms with van der Waals surface area (Å²) in [5.74, 6) is 0. The summed E-state index contributed by atoms with van der Waals surface area (Å²) in [7, 11) is 4.30. The zero-order chi connectivity index (χ0) is 15.4. The van der Waals surface area contributed by atoms with Gasteiger partial charge in [0.1, 0.15) is 0 Å². The largest absolute Gasteiger partial charge is 0.371 e. The van der Waals surface area contributed by atoms with Crippen molar-refractivity contribution >= 4 is 5.69 Å².